The molecule has 9 heteroatoms. The van der Waals surface area contributed by atoms with Gasteiger partial charge in [-0.25, -0.2) is 13.1 Å². The van der Waals surface area contributed by atoms with Crippen LogP contribution in [0.3, 0.4) is 0 Å². The van der Waals surface area contributed by atoms with Crippen LogP contribution in [0.5, 0.6) is 0 Å². The molecule has 2 aliphatic rings. The van der Waals surface area contributed by atoms with Crippen molar-refractivity contribution in [2.45, 2.75) is 47.8 Å². The van der Waals surface area contributed by atoms with Crippen LogP contribution >= 0.6 is 23.4 Å². The van der Waals surface area contributed by atoms with E-state index in [1.54, 1.807) is 30.0 Å². The number of hydrogen-bond acceptors (Lipinski definition) is 5. The van der Waals surface area contributed by atoms with E-state index >= 15 is 0 Å². The van der Waals surface area contributed by atoms with Gasteiger partial charge in [-0.3, -0.25) is 9.69 Å². The van der Waals surface area contributed by atoms with E-state index in [-0.39, 0.29) is 16.1 Å². The molecule has 0 aromatic heterocycles. The molecule has 1 fully saturated rings. The molecule has 2 heterocycles. The lowest BCUT2D eigenvalue weighted by atomic mass is 9.97. The fraction of sp³-hybridized carbons (Fsp3) is 0.435. The Labute approximate surface area is 199 Å². The molecule has 0 bridgehead atoms. The minimum Gasteiger partial charge on any atom is -0.325 e. The first-order valence-corrected chi connectivity index (χ1v) is 13.6. The van der Waals surface area contributed by atoms with Crippen LogP contribution in [0.15, 0.2) is 52.3 Å². The average molecular weight is 494 g/mol. The number of benzene rings is 2. The molecular weight excluding hydrogens is 466 g/mol. The van der Waals surface area contributed by atoms with Gasteiger partial charge in [-0.2, -0.15) is 0 Å². The summed E-state index contributed by atoms with van der Waals surface area (Å²) in [6, 6.07) is 12.9. The number of sulfonamides is 1. The highest BCUT2D eigenvalue weighted by molar-refractivity contribution is 8.00. The fourth-order valence-corrected chi connectivity index (χ4v) is 6.42. The number of carbonyl (C=O) groups is 1. The number of anilines is 1. The molecule has 2 aliphatic heterocycles. The van der Waals surface area contributed by atoms with Gasteiger partial charge in [0.25, 0.3) is 0 Å². The van der Waals surface area contributed by atoms with Crippen molar-refractivity contribution in [3.05, 3.63) is 53.1 Å². The van der Waals surface area contributed by atoms with E-state index in [0.29, 0.717) is 24.6 Å². The number of piperidine rings is 1. The summed E-state index contributed by atoms with van der Waals surface area (Å²) in [7, 11) is -3.64. The van der Waals surface area contributed by atoms with Gasteiger partial charge in [0.15, 0.2) is 0 Å². The van der Waals surface area contributed by atoms with Crippen molar-refractivity contribution in [1.29, 1.82) is 0 Å². The first-order chi connectivity index (χ1) is 15.3. The molecule has 172 valence electrons. The van der Waals surface area contributed by atoms with Crippen molar-refractivity contribution in [2.75, 3.05) is 25.0 Å². The third-order valence-corrected chi connectivity index (χ3v) is 8.78. The second-order valence-corrected chi connectivity index (χ2v) is 12.2. The van der Waals surface area contributed by atoms with Crippen molar-refractivity contribution in [3.8, 4) is 0 Å². The summed E-state index contributed by atoms with van der Waals surface area (Å²) in [6.07, 6.45) is 2.31. The van der Waals surface area contributed by atoms with Crippen LogP contribution in [0.25, 0.3) is 0 Å². The number of fused-ring (bicyclic) bond motifs is 1. The number of rotatable bonds is 6. The molecule has 2 aromatic rings. The lowest BCUT2D eigenvalue weighted by Gasteiger charge is -2.32. The number of halogens is 1. The smallest absolute Gasteiger partial charge is 0.240 e. The lowest BCUT2D eigenvalue weighted by Crippen LogP contribution is -2.38. The number of nitrogens with zero attached hydrogens (tertiary/aromatic N) is 1. The summed E-state index contributed by atoms with van der Waals surface area (Å²) in [5, 5.41) is 3.73. The third kappa shape index (κ3) is 6.05. The second-order valence-electron chi connectivity index (χ2n) is 8.54. The molecule has 1 saturated heterocycles. The van der Waals surface area contributed by atoms with Gasteiger partial charge in [0.1, 0.15) is 0 Å². The quantitative estimate of drug-likeness (QED) is 0.625. The Hall–Kier alpha value is -1.58. The van der Waals surface area contributed by atoms with Crippen LogP contribution < -0.4 is 10.0 Å². The van der Waals surface area contributed by atoms with Gasteiger partial charge in [0.05, 0.1) is 10.6 Å². The largest absolute Gasteiger partial charge is 0.325 e. The molecule has 0 saturated carbocycles. The zero-order valence-corrected chi connectivity index (χ0v) is 20.4. The van der Waals surface area contributed by atoms with Crippen LogP contribution in [-0.2, 0) is 21.4 Å². The van der Waals surface area contributed by atoms with E-state index in [2.05, 4.69) is 14.9 Å². The number of hydrogen-bond donors (Lipinski definition) is 2. The van der Waals surface area contributed by atoms with E-state index < -0.39 is 10.0 Å². The summed E-state index contributed by atoms with van der Waals surface area (Å²) >= 11 is 7.54. The normalized spacial score (nSPS) is 20.4. The maximum atomic E-state index is 12.9. The van der Waals surface area contributed by atoms with Crippen molar-refractivity contribution in [1.82, 2.24) is 9.62 Å². The molecule has 0 radical (unpaired) electrons. The number of amides is 1. The Bertz CT molecular complexity index is 1070. The van der Waals surface area contributed by atoms with Gasteiger partial charge in [0.2, 0.25) is 15.9 Å². The highest BCUT2D eigenvalue weighted by atomic mass is 35.5. The summed E-state index contributed by atoms with van der Waals surface area (Å²) in [4.78, 5) is 15.5. The molecule has 0 aliphatic carbocycles. The SMILES string of the molecule is CC1CC(=O)Nc2cc(S(=O)(=O)NCC3CCN(Cc4ccc(Cl)cc4)CC3)ccc2S1. The second kappa shape index (κ2) is 10.1. The van der Waals surface area contributed by atoms with Crippen LogP contribution in [0.1, 0.15) is 31.7 Å². The Balaban J connectivity index is 1.31. The zero-order valence-electron chi connectivity index (χ0n) is 18.0. The first-order valence-electron chi connectivity index (χ1n) is 10.9. The number of nitrogens with one attached hydrogen (secondary N) is 2. The van der Waals surface area contributed by atoms with Gasteiger partial charge in [-0.05, 0) is 67.7 Å². The predicted octanol–water partition coefficient (Wildman–Crippen LogP) is 4.35. The molecule has 2 N–H and O–H groups in total. The van der Waals surface area contributed by atoms with Gasteiger partial charge in [-0.1, -0.05) is 30.7 Å². The minimum absolute atomic E-state index is 0.0865. The van der Waals surface area contributed by atoms with E-state index in [4.69, 9.17) is 11.6 Å². The summed E-state index contributed by atoms with van der Waals surface area (Å²) < 4.78 is 28.5. The summed E-state index contributed by atoms with van der Waals surface area (Å²) in [6.45, 7) is 5.18. The molecule has 0 spiro atoms. The predicted molar refractivity (Wildman–Crippen MR) is 130 cm³/mol. The maximum absolute atomic E-state index is 12.9. The third-order valence-electron chi connectivity index (χ3n) is 5.93. The highest BCUT2D eigenvalue weighted by Crippen LogP contribution is 2.36. The molecule has 6 nitrogen and oxygen atoms in total. The van der Waals surface area contributed by atoms with Crippen molar-refractivity contribution in [2.24, 2.45) is 5.92 Å². The molecular formula is C23H28ClN3O3S2. The highest BCUT2D eigenvalue weighted by Gasteiger charge is 2.24. The fourth-order valence-electron chi connectivity index (χ4n) is 4.11. The maximum Gasteiger partial charge on any atom is 0.240 e. The van der Waals surface area contributed by atoms with E-state index in [1.165, 1.54) is 5.56 Å². The van der Waals surface area contributed by atoms with Crippen molar-refractivity contribution >= 4 is 45.0 Å². The summed E-state index contributed by atoms with van der Waals surface area (Å²) in [5.41, 5.74) is 1.80. The molecule has 1 amide bonds. The average Bonchev–Trinajstić information content (AvgIpc) is 2.90. The Morgan fingerprint density at radius 2 is 1.88 bits per heavy atom. The summed E-state index contributed by atoms with van der Waals surface area (Å²) in [5.74, 6) is 0.222. The van der Waals surface area contributed by atoms with E-state index in [9.17, 15) is 13.2 Å². The number of thioether (sulfide) groups is 1. The van der Waals surface area contributed by atoms with Crippen molar-refractivity contribution in [3.63, 3.8) is 0 Å². The van der Waals surface area contributed by atoms with Gasteiger partial charge in [-0.15, -0.1) is 11.8 Å². The zero-order chi connectivity index (χ0) is 22.7. The van der Waals surface area contributed by atoms with Gasteiger partial charge < -0.3 is 5.32 Å². The lowest BCUT2D eigenvalue weighted by molar-refractivity contribution is -0.116. The standard InChI is InChI=1S/C23H28ClN3O3S2/c1-16-12-23(28)26-21-13-20(6-7-22(21)31-16)32(29,30)25-14-17-8-10-27(11-9-17)15-18-2-4-19(24)5-3-18/h2-7,13,16-17,25H,8-12,14-15H2,1H3,(H,26,28). The Morgan fingerprint density at radius 1 is 1.16 bits per heavy atom. The first kappa shape index (κ1) is 23.6. The van der Waals surface area contributed by atoms with Gasteiger partial charge in [0, 0.05) is 34.7 Å². The molecule has 1 atom stereocenters. The van der Waals surface area contributed by atoms with Crippen molar-refractivity contribution < 1.29 is 13.2 Å². The number of likely N-dealkylation sites (tertiary alicyclic amines) is 1. The van der Waals surface area contributed by atoms with Crippen LogP contribution in [-0.4, -0.2) is 44.1 Å². The molecule has 1 unspecified atom stereocenters. The van der Waals surface area contributed by atoms with Crippen LogP contribution in [0.2, 0.25) is 5.02 Å². The van der Waals surface area contributed by atoms with Crippen LogP contribution in [0, 0.1) is 5.92 Å². The van der Waals surface area contributed by atoms with Gasteiger partial charge >= 0.3 is 0 Å². The Kier molecular flexibility index (Phi) is 7.47. The van der Waals surface area contributed by atoms with Crippen LogP contribution in [0.4, 0.5) is 5.69 Å². The van der Waals surface area contributed by atoms with E-state index in [0.717, 1.165) is 42.4 Å². The Morgan fingerprint density at radius 3 is 2.59 bits per heavy atom. The monoisotopic (exact) mass is 493 g/mol. The molecule has 4 rings (SSSR count). The number of carbonyl (C=O) groups excluding carboxylic acids is 1. The topological polar surface area (TPSA) is 78.5 Å². The van der Waals surface area contributed by atoms with E-state index in [1.807, 2.05) is 31.2 Å². The molecule has 32 heavy (non-hydrogen) atoms. The molecule has 2 aromatic carbocycles. The minimum atomic E-state index is -3.64.